The largest absolute Gasteiger partial charge is 0.383 e. The molecule has 1 rings (SSSR count). The zero-order chi connectivity index (χ0) is 16.5. The Labute approximate surface area is 131 Å². The fourth-order valence-corrected chi connectivity index (χ4v) is 1.96. The number of likely N-dealkylation sites (N-methyl/N-ethyl adjacent to an activating group) is 1. The summed E-state index contributed by atoms with van der Waals surface area (Å²) in [5.41, 5.74) is 7.01. The molecule has 0 radical (unpaired) electrons. The molecular weight excluding hydrogens is 282 g/mol. The summed E-state index contributed by atoms with van der Waals surface area (Å²) in [6, 6.07) is 8.91. The molecule has 6 heteroatoms. The van der Waals surface area contributed by atoms with Crippen LogP contribution in [0.3, 0.4) is 0 Å². The van der Waals surface area contributed by atoms with Crippen LogP contribution in [0.2, 0.25) is 0 Å². The highest BCUT2D eigenvalue weighted by Gasteiger charge is 2.23. The van der Waals surface area contributed by atoms with Gasteiger partial charge in [-0.15, -0.1) is 0 Å². The van der Waals surface area contributed by atoms with E-state index in [0.717, 1.165) is 5.56 Å². The first-order valence-corrected chi connectivity index (χ1v) is 7.23. The van der Waals surface area contributed by atoms with Crippen molar-refractivity contribution in [2.45, 2.75) is 12.5 Å². The number of hydrogen-bond acceptors (Lipinski definition) is 4. The summed E-state index contributed by atoms with van der Waals surface area (Å²) in [6.45, 7) is 0.722. The van der Waals surface area contributed by atoms with Crippen LogP contribution < -0.4 is 5.73 Å². The highest BCUT2D eigenvalue weighted by Crippen LogP contribution is 2.05. The molecule has 1 aromatic carbocycles. The third kappa shape index (κ3) is 5.83. The van der Waals surface area contributed by atoms with Gasteiger partial charge in [-0.05, 0) is 12.0 Å². The Hall–Kier alpha value is -1.92. The van der Waals surface area contributed by atoms with Crippen molar-refractivity contribution in [1.29, 1.82) is 0 Å². The summed E-state index contributed by atoms with van der Waals surface area (Å²) in [7, 11) is 4.87. The van der Waals surface area contributed by atoms with E-state index in [9.17, 15) is 9.59 Å². The zero-order valence-corrected chi connectivity index (χ0v) is 13.5. The Morgan fingerprint density at radius 1 is 1.23 bits per heavy atom. The molecule has 0 aliphatic heterocycles. The first kappa shape index (κ1) is 18.1. The predicted octanol–water partition coefficient (Wildman–Crippen LogP) is 0.120. The van der Waals surface area contributed by atoms with Crippen molar-refractivity contribution >= 4 is 11.8 Å². The van der Waals surface area contributed by atoms with Crippen molar-refractivity contribution in [2.24, 2.45) is 5.73 Å². The summed E-state index contributed by atoms with van der Waals surface area (Å²) in [5, 5.41) is 0. The van der Waals surface area contributed by atoms with Gasteiger partial charge in [0.05, 0.1) is 19.2 Å². The third-order valence-electron chi connectivity index (χ3n) is 3.32. The molecule has 22 heavy (non-hydrogen) atoms. The van der Waals surface area contributed by atoms with E-state index in [0.29, 0.717) is 19.6 Å². The summed E-state index contributed by atoms with van der Waals surface area (Å²) >= 11 is 0. The number of carbonyl (C=O) groups is 2. The summed E-state index contributed by atoms with van der Waals surface area (Å²) in [5.74, 6) is -0.382. The minimum Gasteiger partial charge on any atom is -0.383 e. The van der Waals surface area contributed by atoms with Crippen molar-refractivity contribution < 1.29 is 14.3 Å². The van der Waals surface area contributed by atoms with E-state index in [1.165, 1.54) is 9.80 Å². The molecule has 1 atom stereocenters. The highest BCUT2D eigenvalue weighted by atomic mass is 16.5. The molecule has 2 N–H and O–H groups in total. The van der Waals surface area contributed by atoms with Crippen LogP contribution in [0.4, 0.5) is 0 Å². The van der Waals surface area contributed by atoms with E-state index in [-0.39, 0.29) is 18.4 Å². The molecule has 6 nitrogen and oxygen atoms in total. The lowest BCUT2D eigenvalue weighted by Crippen LogP contribution is -2.49. The molecule has 0 fully saturated rings. The van der Waals surface area contributed by atoms with E-state index < -0.39 is 6.04 Å². The second-order valence-corrected chi connectivity index (χ2v) is 5.34. The number of benzene rings is 1. The van der Waals surface area contributed by atoms with Crippen LogP contribution in [0.15, 0.2) is 30.3 Å². The SMILES string of the molecule is COCCN(CC(=O)N(C)C)C(=O)C(N)Cc1ccccc1. The van der Waals surface area contributed by atoms with Gasteiger partial charge < -0.3 is 20.3 Å². The van der Waals surface area contributed by atoms with Crippen LogP contribution >= 0.6 is 0 Å². The number of ether oxygens (including phenoxy) is 1. The lowest BCUT2D eigenvalue weighted by molar-refractivity contribution is -0.140. The number of methoxy groups -OCH3 is 1. The molecule has 0 aromatic heterocycles. The van der Waals surface area contributed by atoms with E-state index in [2.05, 4.69) is 0 Å². The van der Waals surface area contributed by atoms with Gasteiger partial charge in [-0.2, -0.15) is 0 Å². The van der Waals surface area contributed by atoms with Gasteiger partial charge in [-0.1, -0.05) is 30.3 Å². The molecule has 0 saturated heterocycles. The highest BCUT2D eigenvalue weighted by molar-refractivity contribution is 5.87. The maximum atomic E-state index is 12.5. The zero-order valence-electron chi connectivity index (χ0n) is 13.5. The number of carbonyl (C=O) groups excluding carboxylic acids is 2. The molecule has 1 unspecified atom stereocenters. The molecule has 2 amide bonds. The van der Waals surface area contributed by atoms with Crippen molar-refractivity contribution in [3.8, 4) is 0 Å². The number of amides is 2. The molecule has 0 bridgehead atoms. The monoisotopic (exact) mass is 307 g/mol. The Balaban J connectivity index is 2.70. The molecule has 0 spiro atoms. The van der Waals surface area contributed by atoms with Gasteiger partial charge in [0, 0.05) is 27.7 Å². The van der Waals surface area contributed by atoms with E-state index in [1.807, 2.05) is 30.3 Å². The Kier molecular flexibility index (Phi) is 7.56. The second-order valence-electron chi connectivity index (χ2n) is 5.34. The van der Waals surface area contributed by atoms with Gasteiger partial charge in [0.1, 0.15) is 0 Å². The van der Waals surface area contributed by atoms with Gasteiger partial charge in [-0.3, -0.25) is 9.59 Å². The normalized spacial score (nSPS) is 11.8. The van der Waals surface area contributed by atoms with Crippen LogP contribution in [0.1, 0.15) is 5.56 Å². The molecular formula is C16H25N3O3. The average molecular weight is 307 g/mol. The number of hydrogen-bond donors (Lipinski definition) is 1. The lowest BCUT2D eigenvalue weighted by atomic mass is 10.1. The van der Waals surface area contributed by atoms with Crippen LogP contribution in [-0.4, -0.2) is 68.6 Å². The van der Waals surface area contributed by atoms with E-state index >= 15 is 0 Å². The molecule has 0 heterocycles. The number of nitrogens with zero attached hydrogens (tertiary/aromatic N) is 2. The molecule has 1 aromatic rings. The predicted molar refractivity (Wildman–Crippen MR) is 85.3 cm³/mol. The smallest absolute Gasteiger partial charge is 0.241 e. The van der Waals surface area contributed by atoms with Crippen molar-refractivity contribution in [3.63, 3.8) is 0 Å². The second kappa shape index (κ2) is 9.17. The fraction of sp³-hybridized carbons (Fsp3) is 0.500. The molecule has 122 valence electrons. The fourth-order valence-electron chi connectivity index (χ4n) is 1.96. The molecule has 0 aliphatic carbocycles. The molecule has 0 saturated carbocycles. The lowest BCUT2D eigenvalue weighted by Gasteiger charge is -2.26. The Morgan fingerprint density at radius 3 is 2.41 bits per heavy atom. The van der Waals surface area contributed by atoms with Crippen LogP contribution in [-0.2, 0) is 20.7 Å². The standard InChI is InChI=1S/C16H25N3O3/c1-18(2)15(20)12-19(9-10-22-3)16(21)14(17)11-13-7-5-4-6-8-13/h4-8,14H,9-12,17H2,1-3H3. The maximum absolute atomic E-state index is 12.5. The van der Waals surface area contributed by atoms with Gasteiger partial charge in [0.2, 0.25) is 11.8 Å². The Bertz CT molecular complexity index is 477. The topological polar surface area (TPSA) is 75.9 Å². The van der Waals surface area contributed by atoms with Crippen molar-refractivity contribution in [2.75, 3.05) is 40.9 Å². The maximum Gasteiger partial charge on any atom is 0.241 e. The van der Waals surface area contributed by atoms with Crippen LogP contribution in [0, 0.1) is 0 Å². The van der Waals surface area contributed by atoms with Gasteiger partial charge in [-0.25, -0.2) is 0 Å². The van der Waals surface area contributed by atoms with Crippen LogP contribution in [0.25, 0.3) is 0 Å². The quantitative estimate of drug-likeness (QED) is 0.740. The average Bonchev–Trinajstić information content (AvgIpc) is 2.51. The number of nitrogens with two attached hydrogens (primary N) is 1. The molecule has 0 aliphatic rings. The first-order chi connectivity index (χ1) is 10.5. The first-order valence-electron chi connectivity index (χ1n) is 7.23. The summed E-state index contributed by atoms with van der Waals surface area (Å²) < 4.78 is 5.00. The number of rotatable bonds is 8. The van der Waals surface area contributed by atoms with Crippen LogP contribution in [0.5, 0.6) is 0 Å². The van der Waals surface area contributed by atoms with E-state index in [4.69, 9.17) is 10.5 Å². The van der Waals surface area contributed by atoms with Gasteiger partial charge in [0.15, 0.2) is 0 Å². The van der Waals surface area contributed by atoms with Gasteiger partial charge >= 0.3 is 0 Å². The van der Waals surface area contributed by atoms with E-state index in [1.54, 1.807) is 21.2 Å². The van der Waals surface area contributed by atoms with Crippen molar-refractivity contribution in [3.05, 3.63) is 35.9 Å². The minimum absolute atomic E-state index is 0.0116. The minimum atomic E-state index is -0.672. The van der Waals surface area contributed by atoms with Gasteiger partial charge in [0.25, 0.3) is 0 Å². The summed E-state index contributed by atoms with van der Waals surface area (Å²) in [6.07, 6.45) is 0.444. The Morgan fingerprint density at radius 2 is 1.86 bits per heavy atom. The summed E-state index contributed by atoms with van der Waals surface area (Å²) in [4.78, 5) is 27.3. The third-order valence-corrected chi connectivity index (χ3v) is 3.32. The van der Waals surface area contributed by atoms with Crippen molar-refractivity contribution in [1.82, 2.24) is 9.80 Å².